The summed E-state index contributed by atoms with van der Waals surface area (Å²) in [6.45, 7) is 0.641. The fraction of sp³-hybridized carbons (Fsp3) is 0.250. The zero-order valence-electron chi connectivity index (χ0n) is 14.8. The Morgan fingerprint density at radius 3 is 2.75 bits per heavy atom. The summed E-state index contributed by atoms with van der Waals surface area (Å²) in [6, 6.07) is 11.7. The van der Waals surface area contributed by atoms with E-state index in [1.165, 1.54) is 18.5 Å². The van der Waals surface area contributed by atoms with Crippen LogP contribution in [0.4, 0.5) is 24.7 Å². The average molecular weight is 386 g/mol. The lowest BCUT2D eigenvalue weighted by atomic mass is 10.1. The monoisotopic (exact) mass is 386 g/mol. The number of para-hydroxylation sites is 1. The van der Waals surface area contributed by atoms with E-state index in [-0.39, 0.29) is 11.6 Å². The minimum absolute atomic E-state index is 0.124. The maximum absolute atomic E-state index is 12.9. The third kappa shape index (κ3) is 3.49. The molecule has 1 N–H and O–H groups in total. The first-order valence-corrected chi connectivity index (χ1v) is 8.88. The SMILES string of the molecule is O=C(Nc1cccc(C(F)(F)F)c1)C1CCCN1c1ncnc2ccccc12. The van der Waals surface area contributed by atoms with Crippen molar-refractivity contribution in [2.45, 2.75) is 25.1 Å². The van der Waals surface area contributed by atoms with Crippen LogP contribution < -0.4 is 10.2 Å². The van der Waals surface area contributed by atoms with E-state index < -0.39 is 17.8 Å². The van der Waals surface area contributed by atoms with Gasteiger partial charge in [-0.3, -0.25) is 4.79 Å². The number of carbonyl (C=O) groups is 1. The largest absolute Gasteiger partial charge is 0.416 e. The van der Waals surface area contributed by atoms with Crippen LogP contribution >= 0.6 is 0 Å². The van der Waals surface area contributed by atoms with E-state index in [1.54, 1.807) is 0 Å². The van der Waals surface area contributed by atoms with Gasteiger partial charge in [0.2, 0.25) is 5.91 Å². The Morgan fingerprint density at radius 1 is 1.11 bits per heavy atom. The lowest BCUT2D eigenvalue weighted by Crippen LogP contribution is -2.40. The van der Waals surface area contributed by atoms with Gasteiger partial charge in [-0.25, -0.2) is 9.97 Å². The van der Waals surface area contributed by atoms with Crippen LogP contribution in [-0.4, -0.2) is 28.5 Å². The zero-order chi connectivity index (χ0) is 19.7. The van der Waals surface area contributed by atoms with Crippen LogP contribution in [0.5, 0.6) is 0 Å². The summed E-state index contributed by atoms with van der Waals surface area (Å²) < 4.78 is 38.7. The van der Waals surface area contributed by atoms with Gasteiger partial charge in [0.1, 0.15) is 18.2 Å². The normalized spacial score (nSPS) is 17.1. The molecule has 2 heterocycles. The maximum Gasteiger partial charge on any atom is 0.416 e. The van der Waals surface area contributed by atoms with Gasteiger partial charge in [0.05, 0.1) is 11.1 Å². The number of benzene rings is 2. The van der Waals surface area contributed by atoms with Gasteiger partial charge in [-0.1, -0.05) is 18.2 Å². The van der Waals surface area contributed by atoms with E-state index in [0.29, 0.717) is 18.8 Å². The smallest absolute Gasteiger partial charge is 0.344 e. The summed E-state index contributed by atoms with van der Waals surface area (Å²) in [5, 5.41) is 3.46. The average Bonchev–Trinajstić information content (AvgIpc) is 3.17. The maximum atomic E-state index is 12.9. The first-order chi connectivity index (χ1) is 13.4. The Morgan fingerprint density at radius 2 is 1.93 bits per heavy atom. The molecule has 1 atom stereocenters. The summed E-state index contributed by atoms with van der Waals surface area (Å²) in [4.78, 5) is 23.3. The molecule has 1 saturated heterocycles. The molecule has 3 aromatic rings. The summed E-state index contributed by atoms with van der Waals surface area (Å²) in [6.07, 6.45) is -1.61. The number of nitrogens with zero attached hydrogens (tertiary/aromatic N) is 3. The number of halogens is 3. The Kier molecular flexibility index (Phi) is 4.62. The molecular weight excluding hydrogens is 369 g/mol. The molecule has 1 amide bonds. The summed E-state index contributed by atoms with van der Waals surface area (Å²) in [5.74, 6) is 0.312. The van der Waals surface area contributed by atoms with Crippen molar-refractivity contribution in [3.05, 3.63) is 60.4 Å². The van der Waals surface area contributed by atoms with Gasteiger partial charge in [0.25, 0.3) is 0 Å². The molecule has 144 valence electrons. The number of alkyl halides is 3. The van der Waals surface area contributed by atoms with E-state index in [4.69, 9.17) is 0 Å². The molecule has 0 aliphatic carbocycles. The Bertz CT molecular complexity index is 1020. The predicted molar refractivity (Wildman–Crippen MR) is 100.0 cm³/mol. The van der Waals surface area contributed by atoms with E-state index in [0.717, 1.165) is 29.5 Å². The van der Waals surface area contributed by atoms with Crippen LogP contribution in [0, 0.1) is 0 Å². The molecule has 0 radical (unpaired) electrons. The molecule has 28 heavy (non-hydrogen) atoms. The first kappa shape index (κ1) is 18.2. The number of hydrogen-bond acceptors (Lipinski definition) is 4. The summed E-state index contributed by atoms with van der Waals surface area (Å²) >= 11 is 0. The van der Waals surface area contributed by atoms with Crippen LogP contribution in [0.15, 0.2) is 54.9 Å². The second-order valence-electron chi connectivity index (χ2n) is 6.63. The third-order valence-corrected chi connectivity index (χ3v) is 4.81. The van der Waals surface area contributed by atoms with Crippen LogP contribution in [0.1, 0.15) is 18.4 Å². The Labute approximate surface area is 159 Å². The molecule has 1 aromatic heterocycles. The standard InChI is InChI=1S/C20H17F3N4O/c21-20(22,23)13-5-3-6-14(11-13)26-19(28)17-9-4-10-27(17)18-15-7-1-2-8-16(15)24-12-25-18/h1-3,5-8,11-12,17H,4,9-10H2,(H,26,28). The molecule has 8 heteroatoms. The fourth-order valence-corrected chi connectivity index (χ4v) is 3.51. The van der Waals surface area contributed by atoms with Crippen molar-refractivity contribution in [2.24, 2.45) is 0 Å². The van der Waals surface area contributed by atoms with Gasteiger partial charge in [-0.05, 0) is 43.2 Å². The molecule has 0 bridgehead atoms. The molecule has 4 rings (SSSR count). The molecule has 0 spiro atoms. The fourth-order valence-electron chi connectivity index (χ4n) is 3.51. The Hall–Kier alpha value is -3.16. The first-order valence-electron chi connectivity index (χ1n) is 8.88. The molecule has 1 unspecified atom stereocenters. The van der Waals surface area contributed by atoms with Crippen LogP contribution in [0.3, 0.4) is 0 Å². The van der Waals surface area contributed by atoms with Crippen LogP contribution in [-0.2, 0) is 11.0 Å². The van der Waals surface area contributed by atoms with Gasteiger partial charge in [-0.2, -0.15) is 13.2 Å². The van der Waals surface area contributed by atoms with Crippen molar-refractivity contribution in [3.8, 4) is 0 Å². The van der Waals surface area contributed by atoms with Crippen molar-refractivity contribution in [1.82, 2.24) is 9.97 Å². The minimum atomic E-state index is -4.46. The van der Waals surface area contributed by atoms with Gasteiger partial charge >= 0.3 is 6.18 Å². The number of fused-ring (bicyclic) bond motifs is 1. The van der Waals surface area contributed by atoms with E-state index in [9.17, 15) is 18.0 Å². The minimum Gasteiger partial charge on any atom is -0.344 e. The second-order valence-corrected chi connectivity index (χ2v) is 6.63. The third-order valence-electron chi connectivity index (χ3n) is 4.81. The highest BCUT2D eigenvalue weighted by Gasteiger charge is 2.34. The van der Waals surface area contributed by atoms with E-state index in [1.807, 2.05) is 29.2 Å². The van der Waals surface area contributed by atoms with Crippen molar-refractivity contribution < 1.29 is 18.0 Å². The molecule has 1 fully saturated rings. The summed E-state index contributed by atoms with van der Waals surface area (Å²) in [5.41, 5.74) is 0.103. The number of amides is 1. The molecular formula is C20H17F3N4O. The number of carbonyl (C=O) groups excluding carboxylic acids is 1. The van der Waals surface area contributed by atoms with E-state index >= 15 is 0 Å². The highest BCUT2D eigenvalue weighted by molar-refractivity contribution is 5.99. The topological polar surface area (TPSA) is 58.1 Å². The zero-order valence-corrected chi connectivity index (χ0v) is 14.8. The Balaban J connectivity index is 1.59. The van der Waals surface area contributed by atoms with Gasteiger partial charge < -0.3 is 10.2 Å². The number of hydrogen-bond donors (Lipinski definition) is 1. The summed E-state index contributed by atoms with van der Waals surface area (Å²) in [7, 11) is 0. The number of rotatable bonds is 3. The number of aromatic nitrogens is 2. The van der Waals surface area contributed by atoms with Gasteiger partial charge in [0.15, 0.2) is 0 Å². The van der Waals surface area contributed by atoms with Crippen molar-refractivity contribution in [1.29, 1.82) is 0 Å². The highest BCUT2D eigenvalue weighted by Crippen LogP contribution is 2.32. The molecule has 5 nitrogen and oxygen atoms in total. The molecule has 1 aliphatic rings. The molecule has 0 saturated carbocycles. The number of anilines is 2. The van der Waals surface area contributed by atoms with Gasteiger partial charge in [-0.15, -0.1) is 0 Å². The van der Waals surface area contributed by atoms with Crippen molar-refractivity contribution in [2.75, 3.05) is 16.8 Å². The number of nitrogens with one attached hydrogen (secondary N) is 1. The quantitative estimate of drug-likeness (QED) is 0.731. The van der Waals surface area contributed by atoms with Crippen LogP contribution in [0.2, 0.25) is 0 Å². The lowest BCUT2D eigenvalue weighted by molar-refractivity contribution is -0.137. The van der Waals surface area contributed by atoms with Crippen LogP contribution in [0.25, 0.3) is 10.9 Å². The predicted octanol–water partition coefficient (Wildman–Crippen LogP) is 4.26. The lowest BCUT2D eigenvalue weighted by Gasteiger charge is -2.26. The highest BCUT2D eigenvalue weighted by atomic mass is 19.4. The van der Waals surface area contributed by atoms with Crippen molar-refractivity contribution >= 4 is 28.3 Å². The van der Waals surface area contributed by atoms with Crippen molar-refractivity contribution in [3.63, 3.8) is 0 Å². The van der Waals surface area contributed by atoms with E-state index in [2.05, 4.69) is 15.3 Å². The molecule has 2 aromatic carbocycles. The van der Waals surface area contributed by atoms with Gasteiger partial charge in [0, 0.05) is 17.6 Å². The molecule has 1 aliphatic heterocycles. The second kappa shape index (κ2) is 7.10.